The quantitative estimate of drug-likeness (QED) is 0.793. The summed E-state index contributed by atoms with van der Waals surface area (Å²) in [4.78, 5) is 12.0. The molecule has 1 atom stereocenters. The van der Waals surface area contributed by atoms with Crippen LogP contribution in [0.25, 0.3) is 22.3 Å². The van der Waals surface area contributed by atoms with E-state index >= 15 is 0 Å². The van der Waals surface area contributed by atoms with E-state index in [0.717, 1.165) is 28.0 Å². The van der Waals surface area contributed by atoms with Crippen LogP contribution in [-0.4, -0.2) is 24.7 Å². The molecular formula is C18H20N6. The van der Waals surface area contributed by atoms with Crippen molar-refractivity contribution >= 4 is 11.0 Å². The molecule has 4 rings (SSSR count). The number of hydrogen-bond acceptors (Lipinski definition) is 4. The molecule has 0 bridgehead atoms. The minimum atomic E-state index is 0.163. The van der Waals surface area contributed by atoms with E-state index in [0.29, 0.717) is 12.3 Å². The van der Waals surface area contributed by atoms with Crippen LogP contribution in [0.4, 0.5) is 0 Å². The smallest absolute Gasteiger partial charge is 0.141 e. The first kappa shape index (κ1) is 14.9. The Morgan fingerprint density at radius 1 is 1.38 bits per heavy atom. The molecule has 0 spiro atoms. The topological polar surface area (TPSA) is 83.2 Å². The van der Waals surface area contributed by atoms with Gasteiger partial charge in [-0.3, -0.25) is 4.68 Å². The van der Waals surface area contributed by atoms with Gasteiger partial charge in [0.1, 0.15) is 12.0 Å². The maximum absolute atomic E-state index is 9.21. The third-order valence-electron chi connectivity index (χ3n) is 5.02. The lowest BCUT2D eigenvalue weighted by molar-refractivity contribution is 0.315. The molecule has 6 heteroatoms. The van der Waals surface area contributed by atoms with Gasteiger partial charge in [-0.2, -0.15) is 10.4 Å². The third kappa shape index (κ3) is 2.56. The van der Waals surface area contributed by atoms with Crippen molar-refractivity contribution < 1.29 is 0 Å². The Kier molecular flexibility index (Phi) is 3.77. The number of nitrogens with one attached hydrogen (secondary N) is 1. The second-order valence-corrected chi connectivity index (χ2v) is 6.62. The fourth-order valence-corrected chi connectivity index (χ4v) is 3.85. The fourth-order valence-electron chi connectivity index (χ4n) is 3.85. The van der Waals surface area contributed by atoms with E-state index in [9.17, 15) is 5.26 Å². The van der Waals surface area contributed by atoms with Crippen LogP contribution in [0, 0.1) is 24.2 Å². The number of aromatic nitrogens is 5. The number of H-pyrrole nitrogens is 1. The number of rotatable bonds is 4. The van der Waals surface area contributed by atoms with Gasteiger partial charge in [-0.05, 0) is 31.7 Å². The summed E-state index contributed by atoms with van der Waals surface area (Å²) in [6.45, 7) is 2.01. The van der Waals surface area contributed by atoms with Gasteiger partial charge in [0, 0.05) is 22.8 Å². The molecule has 0 amide bonds. The molecule has 6 nitrogen and oxygen atoms in total. The van der Waals surface area contributed by atoms with Crippen molar-refractivity contribution in [3.05, 3.63) is 30.5 Å². The molecule has 0 aliphatic heterocycles. The molecule has 1 N–H and O–H groups in total. The summed E-state index contributed by atoms with van der Waals surface area (Å²) in [5.74, 6) is 0.553. The average molecular weight is 320 g/mol. The number of hydrogen-bond donors (Lipinski definition) is 1. The number of aromatic amines is 1. The lowest BCUT2D eigenvalue weighted by Gasteiger charge is -2.21. The minimum Gasteiger partial charge on any atom is -0.343 e. The highest BCUT2D eigenvalue weighted by atomic mass is 15.3. The molecule has 3 heterocycles. The zero-order valence-corrected chi connectivity index (χ0v) is 13.7. The summed E-state index contributed by atoms with van der Waals surface area (Å²) < 4.78 is 1.97. The van der Waals surface area contributed by atoms with Crippen molar-refractivity contribution in [1.29, 1.82) is 5.26 Å². The van der Waals surface area contributed by atoms with Gasteiger partial charge in [0.2, 0.25) is 0 Å². The van der Waals surface area contributed by atoms with Crippen molar-refractivity contribution in [2.45, 2.75) is 45.1 Å². The highest BCUT2D eigenvalue weighted by Crippen LogP contribution is 2.36. The summed E-state index contributed by atoms with van der Waals surface area (Å²) in [5, 5.41) is 14.8. The van der Waals surface area contributed by atoms with E-state index in [2.05, 4.69) is 32.2 Å². The van der Waals surface area contributed by atoms with Crippen LogP contribution in [-0.2, 0) is 0 Å². The first-order valence-electron chi connectivity index (χ1n) is 8.48. The van der Waals surface area contributed by atoms with Gasteiger partial charge in [-0.15, -0.1) is 0 Å². The molecule has 3 aromatic heterocycles. The first-order chi connectivity index (χ1) is 11.8. The minimum absolute atomic E-state index is 0.163. The van der Waals surface area contributed by atoms with Crippen molar-refractivity contribution in [3.63, 3.8) is 0 Å². The van der Waals surface area contributed by atoms with E-state index < -0.39 is 0 Å². The predicted molar refractivity (Wildman–Crippen MR) is 91.1 cm³/mol. The first-order valence-corrected chi connectivity index (χ1v) is 8.48. The van der Waals surface area contributed by atoms with Crippen molar-refractivity contribution in [3.8, 4) is 17.3 Å². The maximum Gasteiger partial charge on any atom is 0.141 e. The summed E-state index contributed by atoms with van der Waals surface area (Å²) in [5.41, 5.74) is 3.77. The summed E-state index contributed by atoms with van der Waals surface area (Å²) in [7, 11) is 0. The van der Waals surface area contributed by atoms with Crippen LogP contribution in [0.5, 0.6) is 0 Å². The fraction of sp³-hybridized carbons (Fsp3) is 0.444. The van der Waals surface area contributed by atoms with E-state index in [-0.39, 0.29) is 6.04 Å². The van der Waals surface area contributed by atoms with Crippen molar-refractivity contribution in [1.82, 2.24) is 24.7 Å². The van der Waals surface area contributed by atoms with Gasteiger partial charge in [0.05, 0.1) is 30.4 Å². The molecule has 0 aromatic carbocycles. The SMILES string of the molecule is Cc1cc2c(-c3cnn([C@H](CC#N)C4CCCC4)c3)ncnc2[nH]1. The lowest BCUT2D eigenvalue weighted by atomic mass is 9.96. The summed E-state index contributed by atoms with van der Waals surface area (Å²) >= 11 is 0. The molecule has 0 radical (unpaired) electrons. The van der Waals surface area contributed by atoms with Gasteiger partial charge in [-0.25, -0.2) is 9.97 Å². The monoisotopic (exact) mass is 320 g/mol. The second kappa shape index (κ2) is 6.08. The lowest BCUT2D eigenvalue weighted by Crippen LogP contribution is -2.17. The molecule has 3 aromatic rings. The molecule has 1 aliphatic carbocycles. The zero-order valence-electron chi connectivity index (χ0n) is 13.7. The highest BCUT2D eigenvalue weighted by Gasteiger charge is 2.27. The molecule has 24 heavy (non-hydrogen) atoms. The second-order valence-electron chi connectivity index (χ2n) is 6.62. The van der Waals surface area contributed by atoms with Crippen LogP contribution < -0.4 is 0 Å². The number of nitriles is 1. The third-order valence-corrected chi connectivity index (χ3v) is 5.02. The number of nitrogens with zero attached hydrogens (tertiary/aromatic N) is 5. The molecule has 1 fully saturated rings. The van der Waals surface area contributed by atoms with Gasteiger partial charge < -0.3 is 4.98 Å². The van der Waals surface area contributed by atoms with Gasteiger partial charge >= 0.3 is 0 Å². The van der Waals surface area contributed by atoms with E-state index in [1.54, 1.807) is 6.33 Å². The molecule has 0 unspecified atom stereocenters. The van der Waals surface area contributed by atoms with Crippen LogP contribution in [0.1, 0.15) is 43.8 Å². The van der Waals surface area contributed by atoms with Gasteiger partial charge in [0.25, 0.3) is 0 Å². The summed E-state index contributed by atoms with van der Waals surface area (Å²) in [6, 6.07) is 4.56. The Morgan fingerprint density at radius 2 is 2.21 bits per heavy atom. The molecule has 1 saturated carbocycles. The van der Waals surface area contributed by atoms with Crippen molar-refractivity contribution in [2.24, 2.45) is 5.92 Å². The summed E-state index contributed by atoms with van der Waals surface area (Å²) in [6.07, 6.45) is 10.9. The molecular weight excluding hydrogens is 300 g/mol. The predicted octanol–water partition coefficient (Wildman–Crippen LogP) is 3.77. The largest absolute Gasteiger partial charge is 0.343 e. The van der Waals surface area contributed by atoms with Crippen LogP contribution in [0.15, 0.2) is 24.8 Å². The number of fused-ring (bicyclic) bond motifs is 1. The number of aryl methyl sites for hydroxylation is 1. The Labute approximate surface area is 140 Å². The molecule has 0 saturated heterocycles. The normalized spacial score (nSPS) is 16.5. The van der Waals surface area contributed by atoms with Gasteiger partial charge in [0.15, 0.2) is 0 Å². The van der Waals surface area contributed by atoms with Crippen LogP contribution >= 0.6 is 0 Å². The molecule has 1 aliphatic rings. The molecule has 122 valence electrons. The van der Waals surface area contributed by atoms with E-state index in [4.69, 9.17) is 0 Å². The van der Waals surface area contributed by atoms with Crippen LogP contribution in [0.2, 0.25) is 0 Å². The highest BCUT2D eigenvalue weighted by molar-refractivity contribution is 5.90. The zero-order chi connectivity index (χ0) is 16.5. The Balaban J connectivity index is 1.71. The van der Waals surface area contributed by atoms with Gasteiger partial charge in [-0.1, -0.05) is 12.8 Å². The standard InChI is InChI=1S/C18H20N6/c1-12-8-15-17(20-11-21-18(15)23-12)14-9-22-24(10-14)16(6-7-19)13-4-2-3-5-13/h8-11,13,16H,2-6H2,1H3,(H,20,21,23)/t16-/m1/s1. The van der Waals surface area contributed by atoms with E-state index in [1.165, 1.54) is 25.7 Å². The Bertz CT molecular complexity index is 894. The Hall–Kier alpha value is -2.68. The maximum atomic E-state index is 9.21. The van der Waals surface area contributed by atoms with E-state index in [1.807, 2.05) is 24.0 Å². The van der Waals surface area contributed by atoms with Crippen molar-refractivity contribution in [2.75, 3.05) is 0 Å². The average Bonchev–Trinajstić information content (AvgIpc) is 3.31. The Morgan fingerprint density at radius 3 is 3.00 bits per heavy atom. The van der Waals surface area contributed by atoms with Crippen LogP contribution in [0.3, 0.4) is 0 Å².